The van der Waals surface area contributed by atoms with Gasteiger partial charge in [-0.15, -0.1) is 0 Å². The number of esters is 1. The molecule has 1 aliphatic rings. The highest BCUT2D eigenvalue weighted by Crippen LogP contribution is 2.35. The van der Waals surface area contributed by atoms with Gasteiger partial charge in [-0.25, -0.2) is 0 Å². The molecule has 0 atom stereocenters. The molecule has 0 spiro atoms. The topological polar surface area (TPSA) is 64.6 Å². The number of carbonyl (C=O) groups is 2. The number of rotatable bonds is 6. The highest BCUT2D eigenvalue weighted by atomic mass is 35.5. The Morgan fingerprint density at radius 3 is 2.37 bits per heavy atom. The summed E-state index contributed by atoms with van der Waals surface area (Å²) in [4.78, 5) is 25.0. The summed E-state index contributed by atoms with van der Waals surface area (Å²) in [6.45, 7) is 1.01. The van der Waals surface area contributed by atoms with Crippen LogP contribution < -0.4 is 5.32 Å². The molecule has 1 amide bonds. The van der Waals surface area contributed by atoms with Crippen LogP contribution in [0.1, 0.15) is 24.0 Å². The molecule has 0 bridgehead atoms. The lowest BCUT2D eigenvalue weighted by molar-refractivity contribution is -0.146. The normalized spacial score (nSPS) is 15.7. The van der Waals surface area contributed by atoms with Crippen LogP contribution in [0.3, 0.4) is 0 Å². The first-order valence-corrected chi connectivity index (χ1v) is 9.30. The highest BCUT2D eigenvalue weighted by molar-refractivity contribution is 6.30. The summed E-state index contributed by atoms with van der Waals surface area (Å²) in [5.74, 6) is -0.657. The average Bonchev–Trinajstić information content (AvgIpc) is 2.72. The summed E-state index contributed by atoms with van der Waals surface area (Å²) in [5, 5.41) is 3.36. The monoisotopic (exact) mass is 387 g/mol. The Morgan fingerprint density at radius 2 is 1.70 bits per heavy atom. The molecule has 5 nitrogen and oxygen atoms in total. The Morgan fingerprint density at radius 1 is 1.04 bits per heavy atom. The summed E-state index contributed by atoms with van der Waals surface area (Å²) in [6.07, 6.45) is 1.11. The van der Waals surface area contributed by atoms with Crippen LogP contribution >= 0.6 is 11.6 Å². The van der Waals surface area contributed by atoms with Crippen molar-refractivity contribution >= 4 is 23.5 Å². The van der Waals surface area contributed by atoms with Crippen LogP contribution in [0.4, 0.5) is 0 Å². The van der Waals surface area contributed by atoms with Crippen LogP contribution in [0.5, 0.6) is 0 Å². The van der Waals surface area contributed by atoms with E-state index in [1.807, 2.05) is 42.5 Å². The van der Waals surface area contributed by atoms with Crippen LogP contribution in [0.25, 0.3) is 0 Å². The van der Waals surface area contributed by atoms with E-state index in [9.17, 15) is 9.59 Å². The zero-order valence-electron chi connectivity index (χ0n) is 14.9. The van der Waals surface area contributed by atoms with E-state index in [4.69, 9.17) is 21.1 Å². The van der Waals surface area contributed by atoms with E-state index in [-0.39, 0.29) is 19.1 Å². The lowest BCUT2D eigenvalue weighted by atomic mass is 9.73. The minimum Gasteiger partial charge on any atom is -0.460 e. The Labute approximate surface area is 163 Å². The molecule has 1 heterocycles. The highest BCUT2D eigenvalue weighted by Gasteiger charge is 2.41. The van der Waals surface area contributed by atoms with E-state index in [1.54, 1.807) is 12.1 Å². The van der Waals surface area contributed by atoms with E-state index >= 15 is 0 Å². The Balaban J connectivity index is 1.61. The third kappa shape index (κ3) is 4.87. The van der Waals surface area contributed by atoms with Crippen molar-refractivity contribution in [1.29, 1.82) is 0 Å². The van der Waals surface area contributed by atoms with Crippen molar-refractivity contribution in [1.82, 2.24) is 5.32 Å². The first kappa shape index (κ1) is 19.4. The number of hydrogen-bond acceptors (Lipinski definition) is 4. The zero-order valence-corrected chi connectivity index (χ0v) is 15.7. The molecule has 1 N–H and O–H groups in total. The van der Waals surface area contributed by atoms with Gasteiger partial charge >= 0.3 is 5.97 Å². The van der Waals surface area contributed by atoms with Crippen LogP contribution in [-0.4, -0.2) is 31.6 Å². The molecule has 2 aromatic rings. The Bertz CT molecular complexity index is 771. The van der Waals surface area contributed by atoms with Crippen molar-refractivity contribution in [2.75, 3.05) is 19.8 Å². The van der Waals surface area contributed by atoms with Crippen molar-refractivity contribution < 1.29 is 19.1 Å². The first-order chi connectivity index (χ1) is 13.1. The van der Waals surface area contributed by atoms with Gasteiger partial charge in [0.05, 0.1) is 5.41 Å². The van der Waals surface area contributed by atoms with Gasteiger partial charge < -0.3 is 14.8 Å². The number of hydrogen-bond donors (Lipinski definition) is 1. The predicted octanol–water partition coefficient (Wildman–Crippen LogP) is 3.25. The van der Waals surface area contributed by atoms with Gasteiger partial charge in [0.2, 0.25) is 5.91 Å². The maximum Gasteiger partial charge on any atom is 0.325 e. The minimum atomic E-state index is -0.720. The third-order valence-corrected chi connectivity index (χ3v) is 5.07. The van der Waals surface area contributed by atoms with Crippen molar-refractivity contribution in [2.45, 2.75) is 24.9 Å². The average molecular weight is 388 g/mol. The third-order valence-electron chi connectivity index (χ3n) is 4.81. The molecule has 6 heteroatoms. The first-order valence-electron chi connectivity index (χ1n) is 8.92. The molecular formula is C21H22ClNO4. The minimum absolute atomic E-state index is 0.165. The molecule has 0 aliphatic carbocycles. The van der Waals surface area contributed by atoms with Crippen LogP contribution in [-0.2, 0) is 31.1 Å². The fraction of sp³-hybridized carbons (Fsp3) is 0.333. The maximum absolute atomic E-state index is 13.0. The summed E-state index contributed by atoms with van der Waals surface area (Å²) in [7, 11) is 0. The quantitative estimate of drug-likeness (QED) is 0.773. The smallest absolute Gasteiger partial charge is 0.325 e. The maximum atomic E-state index is 13.0. The van der Waals surface area contributed by atoms with Crippen LogP contribution in [0, 0.1) is 0 Å². The van der Waals surface area contributed by atoms with Crippen LogP contribution in [0.2, 0.25) is 5.02 Å². The number of carbonyl (C=O) groups excluding carboxylic acids is 2. The van der Waals surface area contributed by atoms with Crippen molar-refractivity contribution in [2.24, 2.45) is 0 Å². The lowest BCUT2D eigenvalue weighted by Gasteiger charge is -2.36. The molecule has 0 aromatic heterocycles. The van der Waals surface area contributed by atoms with Gasteiger partial charge in [0.15, 0.2) is 0 Å². The molecule has 142 valence electrons. The molecule has 0 radical (unpaired) electrons. The Kier molecular flexibility index (Phi) is 6.48. The zero-order chi connectivity index (χ0) is 19.1. The van der Waals surface area contributed by atoms with Gasteiger partial charge in [0, 0.05) is 18.2 Å². The molecule has 2 aromatic carbocycles. The molecule has 0 saturated carbocycles. The van der Waals surface area contributed by atoms with Gasteiger partial charge in [-0.05, 0) is 36.1 Å². The van der Waals surface area contributed by atoms with Gasteiger partial charge in [-0.3, -0.25) is 9.59 Å². The van der Waals surface area contributed by atoms with E-state index in [0.29, 0.717) is 31.1 Å². The fourth-order valence-corrected chi connectivity index (χ4v) is 3.37. The van der Waals surface area contributed by atoms with Gasteiger partial charge in [0.1, 0.15) is 13.2 Å². The predicted molar refractivity (Wildman–Crippen MR) is 102 cm³/mol. The van der Waals surface area contributed by atoms with Crippen molar-refractivity contribution in [3.05, 3.63) is 70.7 Å². The molecule has 1 aliphatic heterocycles. The molecule has 27 heavy (non-hydrogen) atoms. The summed E-state index contributed by atoms with van der Waals surface area (Å²) in [5.41, 5.74) is 1.06. The number of amides is 1. The number of ether oxygens (including phenoxy) is 2. The van der Waals surface area contributed by atoms with E-state index < -0.39 is 11.4 Å². The number of nitrogens with one attached hydrogen (secondary N) is 1. The van der Waals surface area contributed by atoms with Crippen molar-refractivity contribution in [3.8, 4) is 0 Å². The number of halogens is 1. The summed E-state index contributed by atoms with van der Waals surface area (Å²) >= 11 is 5.98. The second kappa shape index (κ2) is 9.02. The second-order valence-corrected chi connectivity index (χ2v) is 6.97. The van der Waals surface area contributed by atoms with E-state index in [1.165, 1.54) is 0 Å². The van der Waals surface area contributed by atoms with Crippen LogP contribution in [0.15, 0.2) is 54.6 Å². The molecular weight excluding hydrogens is 366 g/mol. The van der Waals surface area contributed by atoms with Gasteiger partial charge in [-0.1, -0.05) is 54.1 Å². The second-order valence-electron chi connectivity index (χ2n) is 6.53. The summed E-state index contributed by atoms with van der Waals surface area (Å²) in [6, 6.07) is 16.7. The standard InChI is InChI=1S/C21H22ClNO4/c22-18-8-6-17(7-9-18)21(10-12-26-13-11-21)20(25)23-14-19(24)27-15-16-4-2-1-3-5-16/h1-9H,10-15H2,(H,23,25). The van der Waals surface area contributed by atoms with E-state index in [0.717, 1.165) is 11.1 Å². The lowest BCUT2D eigenvalue weighted by Crippen LogP contribution is -2.49. The van der Waals surface area contributed by atoms with E-state index in [2.05, 4.69) is 5.32 Å². The van der Waals surface area contributed by atoms with Gasteiger partial charge in [-0.2, -0.15) is 0 Å². The van der Waals surface area contributed by atoms with Gasteiger partial charge in [0.25, 0.3) is 0 Å². The fourth-order valence-electron chi connectivity index (χ4n) is 3.25. The number of benzene rings is 2. The molecule has 0 unspecified atom stereocenters. The SMILES string of the molecule is O=C(CNC(=O)C1(c2ccc(Cl)cc2)CCOCC1)OCc1ccccc1. The summed E-state index contributed by atoms with van der Waals surface area (Å²) < 4.78 is 10.7. The van der Waals surface area contributed by atoms with Crippen molar-refractivity contribution in [3.63, 3.8) is 0 Å². The molecule has 1 fully saturated rings. The Hall–Kier alpha value is -2.37. The molecule has 1 saturated heterocycles. The largest absolute Gasteiger partial charge is 0.460 e. The molecule has 3 rings (SSSR count).